The van der Waals surface area contributed by atoms with E-state index in [1.165, 1.54) is 22.1 Å². The first-order valence-electron chi connectivity index (χ1n) is 9.72. The van der Waals surface area contributed by atoms with Crippen LogP contribution in [0.1, 0.15) is 22.5 Å². The van der Waals surface area contributed by atoms with Gasteiger partial charge in [0.05, 0.1) is 0 Å². The summed E-state index contributed by atoms with van der Waals surface area (Å²) in [7, 11) is 4.19. The average molecular weight is 374 g/mol. The molecule has 2 aromatic carbocycles. The quantitative estimate of drug-likeness (QED) is 0.520. The Kier molecular flexibility index (Phi) is 5.26. The molecule has 0 unspecified atom stereocenters. The lowest BCUT2D eigenvalue weighted by atomic mass is 10.1. The third kappa shape index (κ3) is 4.15. The second kappa shape index (κ2) is 7.98. The maximum atomic E-state index is 5.53. The van der Waals surface area contributed by atoms with Crippen molar-refractivity contribution >= 4 is 10.9 Å². The molecule has 28 heavy (non-hydrogen) atoms. The minimum atomic E-state index is 0.550. The van der Waals surface area contributed by atoms with Gasteiger partial charge in [-0.2, -0.15) is 4.98 Å². The van der Waals surface area contributed by atoms with E-state index in [2.05, 4.69) is 89.6 Å². The molecule has 0 saturated heterocycles. The highest BCUT2D eigenvalue weighted by Crippen LogP contribution is 2.26. The summed E-state index contributed by atoms with van der Waals surface area (Å²) in [4.78, 5) is 10.2. The van der Waals surface area contributed by atoms with Gasteiger partial charge in [-0.3, -0.25) is 0 Å². The van der Waals surface area contributed by atoms with Crippen LogP contribution >= 0.6 is 0 Å². The van der Waals surface area contributed by atoms with E-state index in [1.807, 2.05) is 0 Å². The highest BCUT2D eigenvalue weighted by Gasteiger charge is 2.13. The van der Waals surface area contributed by atoms with Gasteiger partial charge in [-0.1, -0.05) is 47.1 Å². The van der Waals surface area contributed by atoms with E-state index in [-0.39, 0.29) is 0 Å². The standard InChI is InChI=1S/C23H26N4O/c1-16-7-9-17(10-8-16)11-12-22-25-23(28-26-22)21-15-19-18(13-14-27(2)3)5-4-6-20(19)24-21/h4-10,15,24H,11-14H2,1-3H3. The predicted molar refractivity (Wildman–Crippen MR) is 112 cm³/mol. The van der Waals surface area contributed by atoms with Gasteiger partial charge in [0, 0.05) is 23.9 Å². The highest BCUT2D eigenvalue weighted by molar-refractivity contribution is 5.87. The van der Waals surface area contributed by atoms with Crippen molar-refractivity contribution in [1.82, 2.24) is 20.0 Å². The Morgan fingerprint density at radius 1 is 1.00 bits per heavy atom. The van der Waals surface area contributed by atoms with Gasteiger partial charge in [0.1, 0.15) is 5.69 Å². The van der Waals surface area contributed by atoms with Crippen LogP contribution in [0.3, 0.4) is 0 Å². The SMILES string of the molecule is Cc1ccc(CCc2noc(-c3cc4c(CCN(C)C)cccc4[nH]3)n2)cc1. The molecule has 0 aliphatic carbocycles. The van der Waals surface area contributed by atoms with E-state index in [9.17, 15) is 0 Å². The van der Waals surface area contributed by atoms with Gasteiger partial charge in [0.25, 0.3) is 5.89 Å². The van der Waals surface area contributed by atoms with Crippen molar-refractivity contribution in [3.63, 3.8) is 0 Å². The zero-order chi connectivity index (χ0) is 19.5. The number of rotatable bonds is 7. The number of nitrogens with zero attached hydrogens (tertiary/aromatic N) is 3. The summed E-state index contributed by atoms with van der Waals surface area (Å²) in [6.45, 7) is 3.12. The second-order valence-corrected chi connectivity index (χ2v) is 7.62. The topological polar surface area (TPSA) is 58.0 Å². The average Bonchev–Trinajstić information content (AvgIpc) is 3.32. The normalized spacial score (nSPS) is 11.6. The number of aromatic amines is 1. The molecule has 0 bridgehead atoms. The molecule has 0 aliphatic heterocycles. The van der Waals surface area contributed by atoms with Crippen LogP contribution in [0, 0.1) is 6.92 Å². The number of hydrogen-bond donors (Lipinski definition) is 1. The number of likely N-dealkylation sites (N-methyl/N-ethyl adjacent to an activating group) is 1. The van der Waals surface area contributed by atoms with Gasteiger partial charge in [-0.15, -0.1) is 0 Å². The van der Waals surface area contributed by atoms with Crippen LogP contribution in [0.5, 0.6) is 0 Å². The predicted octanol–water partition coefficient (Wildman–Crippen LogP) is 4.42. The van der Waals surface area contributed by atoms with Crippen molar-refractivity contribution in [1.29, 1.82) is 0 Å². The smallest absolute Gasteiger partial charge is 0.274 e. The van der Waals surface area contributed by atoms with Gasteiger partial charge >= 0.3 is 0 Å². The van der Waals surface area contributed by atoms with Crippen molar-refractivity contribution in [3.05, 3.63) is 71.0 Å². The van der Waals surface area contributed by atoms with Crippen molar-refractivity contribution < 1.29 is 4.52 Å². The lowest BCUT2D eigenvalue weighted by Crippen LogP contribution is -2.15. The third-order valence-corrected chi connectivity index (χ3v) is 5.04. The summed E-state index contributed by atoms with van der Waals surface area (Å²) >= 11 is 0. The van der Waals surface area contributed by atoms with Crippen LogP contribution in [-0.4, -0.2) is 40.7 Å². The van der Waals surface area contributed by atoms with Gasteiger partial charge in [0.2, 0.25) is 0 Å². The minimum Gasteiger partial charge on any atom is -0.351 e. The number of fused-ring (bicyclic) bond motifs is 1. The Morgan fingerprint density at radius 2 is 1.82 bits per heavy atom. The molecule has 4 rings (SSSR count). The summed E-state index contributed by atoms with van der Waals surface area (Å²) < 4.78 is 5.53. The lowest BCUT2D eigenvalue weighted by Gasteiger charge is -2.09. The minimum absolute atomic E-state index is 0.550. The summed E-state index contributed by atoms with van der Waals surface area (Å²) in [5.41, 5.74) is 5.86. The molecule has 2 heterocycles. The second-order valence-electron chi connectivity index (χ2n) is 7.62. The van der Waals surface area contributed by atoms with E-state index in [0.29, 0.717) is 5.89 Å². The summed E-state index contributed by atoms with van der Waals surface area (Å²) in [5, 5.41) is 5.39. The van der Waals surface area contributed by atoms with Crippen LogP contribution in [-0.2, 0) is 19.3 Å². The molecule has 1 N–H and O–H groups in total. The maximum Gasteiger partial charge on any atom is 0.274 e. The number of H-pyrrole nitrogens is 1. The molecule has 144 valence electrons. The molecule has 5 nitrogen and oxygen atoms in total. The highest BCUT2D eigenvalue weighted by atomic mass is 16.5. The summed E-state index contributed by atoms with van der Waals surface area (Å²) in [5.74, 6) is 1.29. The molecule has 0 saturated carbocycles. The number of nitrogens with one attached hydrogen (secondary N) is 1. The molecule has 5 heteroatoms. The molecule has 0 fully saturated rings. The lowest BCUT2D eigenvalue weighted by molar-refractivity contribution is 0.414. The first-order chi connectivity index (χ1) is 13.6. The van der Waals surface area contributed by atoms with Crippen LogP contribution < -0.4 is 0 Å². The van der Waals surface area contributed by atoms with Gasteiger partial charge < -0.3 is 14.4 Å². The monoisotopic (exact) mass is 374 g/mol. The molecular weight excluding hydrogens is 348 g/mol. The number of aromatic nitrogens is 3. The fourth-order valence-electron chi connectivity index (χ4n) is 3.37. The van der Waals surface area contributed by atoms with E-state index < -0.39 is 0 Å². The first-order valence-corrected chi connectivity index (χ1v) is 9.72. The fraction of sp³-hybridized carbons (Fsp3) is 0.304. The van der Waals surface area contributed by atoms with E-state index in [0.717, 1.165) is 42.8 Å². The van der Waals surface area contributed by atoms with Crippen molar-refractivity contribution in [2.75, 3.05) is 20.6 Å². The van der Waals surface area contributed by atoms with Crippen LogP contribution in [0.4, 0.5) is 0 Å². The van der Waals surface area contributed by atoms with Crippen LogP contribution in [0.15, 0.2) is 53.1 Å². The molecule has 2 aromatic heterocycles. The van der Waals surface area contributed by atoms with Crippen LogP contribution in [0.25, 0.3) is 22.5 Å². The Hall–Kier alpha value is -2.92. The molecule has 0 radical (unpaired) electrons. The number of hydrogen-bond acceptors (Lipinski definition) is 4. The Labute approximate surface area is 165 Å². The summed E-state index contributed by atoms with van der Waals surface area (Å²) in [6.07, 6.45) is 2.68. The molecule has 0 amide bonds. The Morgan fingerprint density at radius 3 is 2.61 bits per heavy atom. The van der Waals surface area contributed by atoms with Gasteiger partial charge in [-0.05, 0) is 57.1 Å². The zero-order valence-corrected chi connectivity index (χ0v) is 16.7. The molecule has 4 aromatic rings. The number of benzene rings is 2. The molecule has 0 aliphatic rings. The third-order valence-electron chi connectivity index (χ3n) is 5.04. The molecular formula is C23H26N4O. The number of aryl methyl sites for hydroxylation is 3. The summed E-state index contributed by atoms with van der Waals surface area (Å²) in [6, 6.07) is 17.1. The zero-order valence-electron chi connectivity index (χ0n) is 16.7. The van der Waals surface area contributed by atoms with E-state index in [4.69, 9.17) is 4.52 Å². The largest absolute Gasteiger partial charge is 0.351 e. The maximum absolute atomic E-state index is 5.53. The fourth-order valence-corrected chi connectivity index (χ4v) is 3.37. The Bertz CT molecular complexity index is 1060. The van der Waals surface area contributed by atoms with E-state index >= 15 is 0 Å². The van der Waals surface area contributed by atoms with Crippen LogP contribution in [0.2, 0.25) is 0 Å². The first kappa shape index (κ1) is 18.4. The molecule has 0 atom stereocenters. The van der Waals surface area contributed by atoms with Gasteiger partial charge in [-0.25, -0.2) is 0 Å². The van der Waals surface area contributed by atoms with Crippen molar-refractivity contribution in [3.8, 4) is 11.6 Å². The van der Waals surface area contributed by atoms with Crippen molar-refractivity contribution in [2.45, 2.75) is 26.2 Å². The van der Waals surface area contributed by atoms with E-state index in [1.54, 1.807) is 0 Å². The Balaban J connectivity index is 1.50. The van der Waals surface area contributed by atoms with Gasteiger partial charge in [0.15, 0.2) is 5.82 Å². The van der Waals surface area contributed by atoms with Crippen molar-refractivity contribution in [2.24, 2.45) is 0 Å². The molecule has 0 spiro atoms.